The number of thioether (sulfide) groups is 1. The number of amidine groups is 1. The van der Waals surface area contributed by atoms with Crippen LogP contribution >= 0.6 is 11.8 Å². The fourth-order valence-corrected chi connectivity index (χ4v) is 4.26. The van der Waals surface area contributed by atoms with Gasteiger partial charge in [0.2, 0.25) is 0 Å². The van der Waals surface area contributed by atoms with Crippen molar-refractivity contribution in [2.75, 3.05) is 20.6 Å². The molecule has 6 nitrogen and oxygen atoms in total. The van der Waals surface area contributed by atoms with Gasteiger partial charge in [-0.2, -0.15) is 8.42 Å². The minimum absolute atomic E-state index is 0.116. The molecule has 0 atom stereocenters. The second-order valence-corrected chi connectivity index (χ2v) is 7.88. The van der Waals surface area contributed by atoms with E-state index in [-0.39, 0.29) is 16.0 Å². The summed E-state index contributed by atoms with van der Waals surface area (Å²) in [7, 11) is -0.245. The zero-order valence-electron chi connectivity index (χ0n) is 13.5. The van der Waals surface area contributed by atoms with Crippen LogP contribution in [0.25, 0.3) is 0 Å². The van der Waals surface area contributed by atoms with Crippen LogP contribution in [0.2, 0.25) is 0 Å². The van der Waals surface area contributed by atoms with E-state index < -0.39 is 10.0 Å². The van der Waals surface area contributed by atoms with Crippen LogP contribution < -0.4 is 0 Å². The third-order valence-corrected chi connectivity index (χ3v) is 5.49. The Morgan fingerprint density at radius 2 is 1.87 bits per heavy atom. The number of sulfonamides is 1. The molecule has 0 radical (unpaired) electrons. The van der Waals surface area contributed by atoms with E-state index in [9.17, 15) is 13.2 Å². The van der Waals surface area contributed by atoms with Gasteiger partial charge in [0.15, 0.2) is 5.17 Å². The highest BCUT2D eigenvalue weighted by Gasteiger charge is 2.34. The van der Waals surface area contributed by atoms with Gasteiger partial charge in [0, 0.05) is 26.8 Å². The Bertz CT molecular complexity index is 766. The molecule has 1 heterocycles. The Balaban J connectivity index is 2.41. The molecule has 1 aliphatic heterocycles. The van der Waals surface area contributed by atoms with E-state index in [1.807, 2.05) is 6.92 Å². The molecule has 0 saturated carbocycles. The largest absolute Gasteiger partial charge is 0.382 e. The summed E-state index contributed by atoms with van der Waals surface area (Å²) in [6, 6.07) is 6.47. The van der Waals surface area contributed by atoms with Crippen molar-refractivity contribution >= 4 is 32.9 Å². The molecule has 8 heteroatoms. The molecular formula is C15H19N3O3S2. The number of carbonyl (C=O) groups is 1. The number of hydrogen-bond donors (Lipinski definition) is 0. The predicted molar refractivity (Wildman–Crippen MR) is 92.5 cm³/mol. The summed E-state index contributed by atoms with van der Waals surface area (Å²) in [5.41, 5.74) is 0.966. The number of aryl methyl sites for hydroxylation is 1. The number of rotatable bonds is 4. The van der Waals surface area contributed by atoms with Crippen LogP contribution in [0, 0.1) is 6.92 Å². The van der Waals surface area contributed by atoms with Gasteiger partial charge in [-0.05, 0) is 37.7 Å². The van der Waals surface area contributed by atoms with Crippen LogP contribution in [0.3, 0.4) is 0 Å². The summed E-state index contributed by atoms with van der Waals surface area (Å²) in [6.07, 6.45) is 1.66. The van der Waals surface area contributed by atoms with Gasteiger partial charge in [-0.25, -0.2) is 0 Å². The molecule has 1 fully saturated rings. The average Bonchev–Trinajstić information content (AvgIpc) is 2.73. The molecule has 0 aliphatic carbocycles. The van der Waals surface area contributed by atoms with Gasteiger partial charge >= 0.3 is 0 Å². The smallest absolute Gasteiger partial charge is 0.284 e. The number of hydrogen-bond acceptors (Lipinski definition) is 5. The van der Waals surface area contributed by atoms with Crippen molar-refractivity contribution in [1.29, 1.82) is 0 Å². The SMILES string of the molecule is CCN1C(=O)/C(=C/N(C)C)S/C1=N\S(=O)(=O)c1ccc(C)cc1. The van der Waals surface area contributed by atoms with Crippen LogP contribution in [0.4, 0.5) is 0 Å². The molecule has 1 amide bonds. The van der Waals surface area contributed by atoms with Gasteiger partial charge in [-0.1, -0.05) is 17.7 Å². The third kappa shape index (κ3) is 3.94. The van der Waals surface area contributed by atoms with E-state index in [0.29, 0.717) is 11.4 Å². The summed E-state index contributed by atoms with van der Waals surface area (Å²) in [6.45, 7) is 4.02. The Kier molecular flexibility index (Phi) is 5.16. The fourth-order valence-electron chi connectivity index (χ4n) is 1.95. The summed E-state index contributed by atoms with van der Waals surface area (Å²) in [5, 5.41) is 0.186. The van der Waals surface area contributed by atoms with E-state index in [2.05, 4.69) is 4.40 Å². The Labute approximate surface area is 140 Å². The zero-order chi connectivity index (χ0) is 17.2. The van der Waals surface area contributed by atoms with E-state index in [0.717, 1.165) is 17.3 Å². The lowest BCUT2D eigenvalue weighted by Gasteiger charge is -2.12. The second kappa shape index (κ2) is 6.76. The van der Waals surface area contributed by atoms with E-state index in [1.165, 1.54) is 17.0 Å². The molecule has 1 aliphatic rings. The molecule has 0 unspecified atom stereocenters. The van der Waals surface area contributed by atoms with Crippen LogP contribution in [0.1, 0.15) is 12.5 Å². The normalized spacial score (nSPS) is 19.0. The van der Waals surface area contributed by atoms with Crippen molar-refractivity contribution < 1.29 is 13.2 Å². The predicted octanol–water partition coefficient (Wildman–Crippen LogP) is 2.04. The second-order valence-electron chi connectivity index (χ2n) is 5.27. The first-order valence-corrected chi connectivity index (χ1v) is 9.30. The first kappa shape index (κ1) is 17.6. The van der Waals surface area contributed by atoms with Crippen LogP contribution in [0.15, 0.2) is 44.7 Å². The van der Waals surface area contributed by atoms with Gasteiger partial charge in [-0.15, -0.1) is 4.40 Å². The maximum atomic E-state index is 12.4. The maximum Gasteiger partial charge on any atom is 0.284 e. The molecule has 0 spiro atoms. The third-order valence-electron chi connectivity index (χ3n) is 3.10. The fraction of sp³-hybridized carbons (Fsp3) is 0.333. The van der Waals surface area contributed by atoms with Crippen molar-refractivity contribution in [3.05, 3.63) is 40.9 Å². The number of likely N-dealkylation sites (N-methyl/N-ethyl adjacent to an activating group) is 1. The lowest BCUT2D eigenvalue weighted by molar-refractivity contribution is -0.122. The maximum absolute atomic E-state index is 12.4. The lowest BCUT2D eigenvalue weighted by atomic mass is 10.2. The highest BCUT2D eigenvalue weighted by Crippen LogP contribution is 2.32. The lowest BCUT2D eigenvalue weighted by Crippen LogP contribution is -2.29. The van der Waals surface area contributed by atoms with Crippen molar-refractivity contribution in [1.82, 2.24) is 9.80 Å². The molecule has 2 rings (SSSR count). The first-order chi connectivity index (χ1) is 10.7. The minimum atomic E-state index is -3.85. The molecule has 0 N–H and O–H groups in total. The molecular weight excluding hydrogens is 334 g/mol. The highest BCUT2D eigenvalue weighted by molar-refractivity contribution is 8.19. The zero-order valence-corrected chi connectivity index (χ0v) is 15.1. The van der Waals surface area contributed by atoms with Crippen LogP contribution in [0.5, 0.6) is 0 Å². The van der Waals surface area contributed by atoms with Crippen molar-refractivity contribution in [2.45, 2.75) is 18.7 Å². The van der Waals surface area contributed by atoms with Gasteiger partial charge in [0.25, 0.3) is 15.9 Å². The monoisotopic (exact) mass is 353 g/mol. The summed E-state index contributed by atoms with van der Waals surface area (Å²) >= 11 is 1.07. The van der Waals surface area contributed by atoms with Gasteiger partial charge in [0.1, 0.15) is 0 Å². The van der Waals surface area contributed by atoms with Crippen LogP contribution in [-0.2, 0) is 14.8 Å². The van der Waals surface area contributed by atoms with Crippen molar-refractivity contribution in [3.8, 4) is 0 Å². The molecule has 1 aromatic rings. The van der Waals surface area contributed by atoms with Crippen molar-refractivity contribution in [3.63, 3.8) is 0 Å². The Morgan fingerprint density at radius 1 is 1.26 bits per heavy atom. The summed E-state index contributed by atoms with van der Waals surface area (Å²) in [4.78, 5) is 16.0. The number of benzene rings is 1. The first-order valence-electron chi connectivity index (χ1n) is 7.04. The topological polar surface area (TPSA) is 70.1 Å². The molecule has 0 aromatic heterocycles. The molecule has 124 valence electrons. The average molecular weight is 353 g/mol. The Hall–Kier alpha value is -1.80. The summed E-state index contributed by atoms with van der Waals surface area (Å²) < 4.78 is 28.7. The molecule has 1 saturated heterocycles. The highest BCUT2D eigenvalue weighted by atomic mass is 32.2. The van der Waals surface area contributed by atoms with Gasteiger partial charge in [0.05, 0.1) is 9.80 Å². The number of carbonyl (C=O) groups excluding carboxylic acids is 1. The van der Waals surface area contributed by atoms with E-state index >= 15 is 0 Å². The van der Waals surface area contributed by atoms with Crippen molar-refractivity contribution in [2.24, 2.45) is 4.40 Å². The molecule has 1 aromatic carbocycles. The van der Waals surface area contributed by atoms with E-state index in [1.54, 1.807) is 44.3 Å². The molecule has 23 heavy (non-hydrogen) atoms. The Morgan fingerprint density at radius 3 is 2.39 bits per heavy atom. The molecule has 0 bridgehead atoms. The minimum Gasteiger partial charge on any atom is -0.382 e. The van der Waals surface area contributed by atoms with E-state index in [4.69, 9.17) is 0 Å². The van der Waals surface area contributed by atoms with Gasteiger partial charge in [-0.3, -0.25) is 9.69 Å². The quantitative estimate of drug-likeness (QED) is 0.775. The standard InChI is InChI=1S/C15H19N3O3S2/c1-5-18-14(19)13(10-17(3)4)22-15(18)16-23(20,21)12-8-6-11(2)7-9-12/h6-10H,5H2,1-4H3/b13-10-,16-15-. The van der Waals surface area contributed by atoms with Gasteiger partial charge < -0.3 is 4.90 Å². The van der Waals surface area contributed by atoms with Crippen LogP contribution in [-0.4, -0.2) is 49.9 Å². The number of nitrogens with zero attached hydrogens (tertiary/aromatic N) is 3. The number of amides is 1. The summed E-state index contributed by atoms with van der Waals surface area (Å²) in [5.74, 6) is -0.232.